The lowest BCUT2D eigenvalue weighted by Crippen LogP contribution is -1.97. The van der Waals surface area contributed by atoms with Crippen molar-refractivity contribution < 1.29 is 9.90 Å². The number of carboxylic acid groups (broad SMARTS) is 1. The van der Waals surface area contributed by atoms with Gasteiger partial charge in [-0.3, -0.25) is 4.79 Å². The number of aliphatic carboxylic acids is 1. The second-order valence-corrected chi connectivity index (χ2v) is 6.50. The molecule has 24 heavy (non-hydrogen) atoms. The van der Waals surface area contributed by atoms with Gasteiger partial charge in [0.2, 0.25) is 0 Å². The van der Waals surface area contributed by atoms with E-state index < -0.39 is 5.97 Å². The molecule has 0 fully saturated rings. The molecule has 0 aliphatic heterocycles. The molecule has 3 rings (SSSR count). The quantitative estimate of drug-likeness (QED) is 0.784. The maximum absolute atomic E-state index is 11.3. The molecule has 6 heteroatoms. The van der Waals surface area contributed by atoms with Gasteiger partial charge in [-0.25, -0.2) is 4.98 Å². The summed E-state index contributed by atoms with van der Waals surface area (Å²) in [6.07, 6.45) is 1.71. The number of fused-ring (bicyclic) bond motifs is 1. The van der Waals surface area contributed by atoms with Crippen LogP contribution >= 0.6 is 11.3 Å². The van der Waals surface area contributed by atoms with Crippen LogP contribution in [0, 0.1) is 18.3 Å². The fraction of sp³-hybridized carbons (Fsp3) is 0.167. The fourth-order valence-electron chi connectivity index (χ4n) is 2.52. The number of benzene rings is 1. The van der Waals surface area contributed by atoms with Crippen molar-refractivity contribution in [3.05, 3.63) is 52.3 Å². The summed E-state index contributed by atoms with van der Waals surface area (Å²) in [5, 5.41) is 19.1. The van der Waals surface area contributed by atoms with Crippen LogP contribution in [0.4, 0.5) is 0 Å². The number of thiazole rings is 1. The molecule has 0 aliphatic rings. The summed E-state index contributed by atoms with van der Waals surface area (Å²) in [7, 11) is 1.82. The van der Waals surface area contributed by atoms with Crippen molar-refractivity contribution in [1.29, 1.82) is 5.26 Å². The van der Waals surface area contributed by atoms with E-state index in [4.69, 9.17) is 5.26 Å². The smallest absolute Gasteiger partial charge is 0.307 e. The Morgan fingerprint density at radius 1 is 1.46 bits per heavy atom. The highest BCUT2D eigenvalue weighted by Crippen LogP contribution is 2.31. The van der Waals surface area contributed by atoms with Crippen molar-refractivity contribution in [3.8, 4) is 6.07 Å². The molecule has 0 amide bonds. The highest BCUT2D eigenvalue weighted by Gasteiger charge is 2.15. The van der Waals surface area contributed by atoms with Gasteiger partial charge in [-0.15, -0.1) is 11.3 Å². The third kappa shape index (κ3) is 2.94. The van der Waals surface area contributed by atoms with Gasteiger partial charge in [0, 0.05) is 12.7 Å². The first kappa shape index (κ1) is 16.0. The summed E-state index contributed by atoms with van der Waals surface area (Å²) in [6, 6.07) is 11.6. The Morgan fingerprint density at radius 2 is 2.21 bits per heavy atom. The Bertz CT molecular complexity index is 972. The Kier molecular flexibility index (Phi) is 4.19. The van der Waals surface area contributed by atoms with E-state index in [-0.39, 0.29) is 6.42 Å². The first-order valence-corrected chi connectivity index (χ1v) is 8.16. The van der Waals surface area contributed by atoms with Crippen LogP contribution in [0.1, 0.15) is 28.4 Å². The molecular formula is C18H15N3O2S. The van der Waals surface area contributed by atoms with Crippen molar-refractivity contribution in [3.63, 3.8) is 0 Å². The molecule has 1 aromatic carbocycles. The molecule has 2 heterocycles. The molecule has 0 saturated heterocycles. The number of carbonyl (C=O) groups is 1. The summed E-state index contributed by atoms with van der Waals surface area (Å²) in [5.41, 5.74) is 3.79. The van der Waals surface area contributed by atoms with Crippen LogP contribution in [-0.2, 0) is 11.8 Å². The predicted octanol–water partition coefficient (Wildman–Crippen LogP) is 3.83. The molecule has 5 nitrogen and oxygen atoms in total. The number of rotatable bonds is 4. The molecule has 120 valence electrons. The summed E-state index contributed by atoms with van der Waals surface area (Å²) < 4.78 is 2.81. The average Bonchev–Trinajstić information content (AvgIpc) is 3.10. The lowest BCUT2D eigenvalue weighted by molar-refractivity contribution is -0.135. The maximum Gasteiger partial charge on any atom is 0.307 e. The average molecular weight is 337 g/mol. The molecule has 3 aromatic rings. The Labute approximate surface area is 143 Å². The van der Waals surface area contributed by atoms with E-state index in [0.717, 1.165) is 21.5 Å². The minimum atomic E-state index is -0.908. The van der Waals surface area contributed by atoms with Gasteiger partial charge in [-0.1, -0.05) is 12.1 Å². The molecule has 1 N–H and O–H groups in total. The van der Waals surface area contributed by atoms with E-state index in [1.165, 1.54) is 11.3 Å². The van der Waals surface area contributed by atoms with E-state index in [9.17, 15) is 9.90 Å². The lowest BCUT2D eigenvalue weighted by Gasteiger charge is -2.02. The monoisotopic (exact) mass is 337 g/mol. The topological polar surface area (TPSA) is 78.9 Å². The van der Waals surface area contributed by atoms with Gasteiger partial charge in [0.05, 0.1) is 16.6 Å². The van der Waals surface area contributed by atoms with Crippen molar-refractivity contribution in [1.82, 2.24) is 9.55 Å². The molecule has 0 aliphatic carbocycles. The van der Waals surface area contributed by atoms with Crippen LogP contribution in [0.25, 0.3) is 21.9 Å². The van der Waals surface area contributed by atoms with Gasteiger partial charge >= 0.3 is 5.97 Å². The fourth-order valence-corrected chi connectivity index (χ4v) is 3.50. The van der Waals surface area contributed by atoms with E-state index in [1.54, 1.807) is 10.6 Å². The van der Waals surface area contributed by atoms with Gasteiger partial charge in [0.1, 0.15) is 16.8 Å². The van der Waals surface area contributed by atoms with Gasteiger partial charge in [-0.05, 0) is 42.3 Å². The third-order valence-corrected chi connectivity index (χ3v) is 5.04. The van der Waals surface area contributed by atoms with Crippen molar-refractivity contribution in [2.24, 2.45) is 7.05 Å². The van der Waals surface area contributed by atoms with Crippen molar-refractivity contribution >= 4 is 39.2 Å². The van der Waals surface area contributed by atoms with Crippen LogP contribution in [0.5, 0.6) is 0 Å². The molecular weight excluding hydrogens is 322 g/mol. The Morgan fingerprint density at radius 3 is 2.83 bits per heavy atom. The molecule has 0 radical (unpaired) electrons. The SMILES string of the molecule is Cc1c(/C=C(\CC(=O)O)c2nc3ccccc3s2)cc(C#N)n1C. The number of nitriles is 1. The summed E-state index contributed by atoms with van der Waals surface area (Å²) >= 11 is 1.47. The number of para-hydroxylation sites is 1. The number of aromatic nitrogens is 2. The highest BCUT2D eigenvalue weighted by molar-refractivity contribution is 7.19. The van der Waals surface area contributed by atoms with E-state index in [1.807, 2.05) is 44.3 Å². The van der Waals surface area contributed by atoms with E-state index in [2.05, 4.69) is 11.1 Å². The largest absolute Gasteiger partial charge is 0.481 e. The van der Waals surface area contributed by atoms with E-state index >= 15 is 0 Å². The number of hydrogen-bond acceptors (Lipinski definition) is 4. The van der Waals surface area contributed by atoms with Crippen LogP contribution < -0.4 is 0 Å². The molecule has 0 saturated carbocycles. The zero-order chi connectivity index (χ0) is 17.3. The molecule has 0 unspecified atom stereocenters. The van der Waals surface area contributed by atoms with Crippen molar-refractivity contribution in [2.75, 3.05) is 0 Å². The molecule has 0 bridgehead atoms. The normalized spacial score (nSPS) is 11.6. The predicted molar refractivity (Wildman–Crippen MR) is 94.6 cm³/mol. The summed E-state index contributed by atoms with van der Waals surface area (Å²) in [4.78, 5) is 15.8. The number of nitrogens with zero attached hydrogens (tertiary/aromatic N) is 3. The Hall–Kier alpha value is -2.91. The zero-order valence-corrected chi connectivity index (χ0v) is 14.1. The van der Waals surface area contributed by atoms with Crippen molar-refractivity contribution in [2.45, 2.75) is 13.3 Å². The first-order chi connectivity index (χ1) is 11.5. The number of hydrogen-bond donors (Lipinski definition) is 1. The minimum absolute atomic E-state index is 0.115. The van der Waals surface area contributed by atoms with Gasteiger partial charge in [-0.2, -0.15) is 5.26 Å². The van der Waals surface area contributed by atoms with Gasteiger partial charge < -0.3 is 9.67 Å². The van der Waals surface area contributed by atoms with Gasteiger partial charge in [0.15, 0.2) is 0 Å². The molecule has 2 aromatic heterocycles. The second-order valence-electron chi connectivity index (χ2n) is 5.47. The minimum Gasteiger partial charge on any atom is -0.481 e. The second kappa shape index (κ2) is 6.30. The molecule has 0 atom stereocenters. The van der Waals surface area contributed by atoms with Crippen LogP contribution in [0.3, 0.4) is 0 Å². The maximum atomic E-state index is 11.3. The van der Waals surface area contributed by atoms with E-state index in [0.29, 0.717) is 16.3 Å². The van der Waals surface area contributed by atoms with Crippen LogP contribution in [0.2, 0.25) is 0 Å². The highest BCUT2D eigenvalue weighted by atomic mass is 32.1. The zero-order valence-electron chi connectivity index (χ0n) is 13.3. The third-order valence-electron chi connectivity index (χ3n) is 3.93. The van der Waals surface area contributed by atoms with Gasteiger partial charge in [0.25, 0.3) is 0 Å². The lowest BCUT2D eigenvalue weighted by atomic mass is 10.1. The standard InChI is InChI=1S/C18H15N3O2S/c1-11-12(8-14(10-19)21(11)2)7-13(9-17(22)23)18-20-15-5-3-4-6-16(15)24-18/h3-8H,9H2,1-2H3,(H,22,23)/b13-7+. The molecule has 0 spiro atoms. The Balaban J connectivity index is 2.13. The first-order valence-electron chi connectivity index (χ1n) is 7.34. The van der Waals surface area contributed by atoms with Crippen LogP contribution in [-0.4, -0.2) is 20.6 Å². The summed E-state index contributed by atoms with van der Waals surface area (Å²) in [5.74, 6) is -0.908. The number of carboxylic acids is 1. The summed E-state index contributed by atoms with van der Waals surface area (Å²) in [6.45, 7) is 1.91. The van der Waals surface area contributed by atoms with Crippen LogP contribution in [0.15, 0.2) is 30.3 Å².